The summed E-state index contributed by atoms with van der Waals surface area (Å²) >= 11 is 0. The average Bonchev–Trinajstić information content (AvgIpc) is 3.12. The lowest BCUT2D eigenvalue weighted by Gasteiger charge is -2.06. The zero-order valence-electron chi connectivity index (χ0n) is 13.4. The van der Waals surface area contributed by atoms with Crippen LogP contribution in [0.4, 0.5) is 5.69 Å². The van der Waals surface area contributed by atoms with Crippen LogP contribution >= 0.6 is 0 Å². The van der Waals surface area contributed by atoms with E-state index in [-0.39, 0.29) is 5.91 Å². The first-order chi connectivity index (χ1) is 11.0. The second-order valence-electron chi connectivity index (χ2n) is 5.11. The summed E-state index contributed by atoms with van der Waals surface area (Å²) in [6.07, 6.45) is 0.628. The Kier molecular flexibility index (Phi) is 3.77. The number of rotatable bonds is 4. The van der Waals surface area contributed by atoms with Gasteiger partial charge in [-0.1, -0.05) is 12.1 Å². The van der Waals surface area contributed by atoms with E-state index in [9.17, 15) is 4.79 Å². The quantitative estimate of drug-likeness (QED) is 0.794. The number of ether oxygens (including phenoxy) is 1. The highest BCUT2D eigenvalue weighted by Gasteiger charge is 2.21. The van der Waals surface area contributed by atoms with E-state index in [1.807, 2.05) is 6.92 Å². The van der Waals surface area contributed by atoms with Crippen LogP contribution in [0.3, 0.4) is 0 Å². The molecule has 0 spiro atoms. The molecular formula is C16H17N3O4. The summed E-state index contributed by atoms with van der Waals surface area (Å²) in [5, 5.41) is 6.63. The molecule has 0 saturated carbocycles. The van der Waals surface area contributed by atoms with E-state index in [0.29, 0.717) is 51.9 Å². The first-order valence-corrected chi connectivity index (χ1v) is 7.25. The van der Waals surface area contributed by atoms with E-state index < -0.39 is 0 Å². The summed E-state index contributed by atoms with van der Waals surface area (Å²) in [6.45, 7) is 5.43. The molecule has 1 N–H and O–H groups in total. The van der Waals surface area contributed by atoms with Crippen LogP contribution in [0.5, 0.6) is 5.75 Å². The largest absolute Gasteiger partial charge is 0.494 e. The van der Waals surface area contributed by atoms with Gasteiger partial charge in [0.05, 0.1) is 12.7 Å². The van der Waals surface area contributed by atoms with Crippen molar-refractivity contribution in [3.05, 3.63) is 35.0 Å². The Morgan fingerprint density at radius 3 is 2.74 bits per heavy atom. The number of carbonyl (C=O) groups excluding carboxylic acids is 1. The van der Waals surface area contributed by atoms with Gasteiger partial charge in [0, 0.05) is 6.42 Å². The third-order valence-corrected chi connectivity index (χ3v) is 3.59. The van der Waals surface area contributed by atoms with E-state index >= 15 is 0 Å². The molecule has 0 saturated heterocycles. The molecule has 7 nitrogen and oxygen atoms in total. The molecule has 2 heterocycles. The molecule has 23 heavy (non-hydrogen) atoms. The van der Waals surface area contributed by atoms with Crippen LogP contribution < -0.4 is 10.1 Å². The number of carbonyl (C=O) groups is 1. The number of aryl methyl sites for hydroxylation is 3. The number of amides is 1. The van der Waals surface area contributed by atoms with Crippen molar-refractivity contribution >= 4 is 22.7 Å². The maximum absolute atomic E-state index is 12.6. The van der Waals surface area contributed by atoms with E-state index in [0.717, 1.165) is 0 Å². The number of anilines is 1. The lowest BCUT2D eigenvalue weighted by molar-refractivity contribution is 0.102. The van der Waals surface area contributed by atoms with Gasteiger partial charge in [-0.3, -0.25) is 4.79 Å². The van der Waals surface area contributed by atoms with Crippen molar-refractivity contribution in [2.45, 2.75) is 27.2 Å². The van der Waals surface area contributed by atoms with Gasteiger partial charge in [-0.2, -0.15) is 0 Å². The van der Waals surface area contributed by atoms with Gasteiger partial charge in [0.25, 0.3) is 5.91 Å². The van der Waals surface area contributed by atoms with Crippen molar-refractivity contribution in [3.8, 4) is 5.75 Å². The Labute approximate surface area is 132 Å². The van der Waals surface area contributed by atoms with E-state index in [1.165, 1.54) is 0 Å². The number of fused-ring (bicyclic) bond motifs is 1. The fourth-order valence-corrected chi connectivity index (χ4v) is 2.36. The summed E-state index contributed by atoms with van der Waals surface area (Å²) in [4.78, 5) is 17.0. The lowest BCUT2D eigenvalue weighted by Crippen LogP contribution is -2.13. The number of hydrogen-bond donors (Lipinski definition) is 1. The van der Waals surface area contributed by atoms with Crippen LogP contribution in [0.25, 0.3) is 11.1 Å². The van der Waals surface area contributed by atoms with Crippen LogP contribution in [0.2, 0.25) is 0 Å². The van der Waals surface area contributed by atoms with Gasteiger partial charge in [0.1, 0.15) is 17.1 Å². The standard InChI is InChI=1S/C16H17N3O4/c1-5-12-17-14-11(21-4)7-6-10(15(14)22-12)16(20)18-13-8(2)19-23-9(13)3/h6-7H,5H2,1-4H3,(H,18,20). The molecule has 0 aliphatic carbocycles. The van der Waals surface area contributed by atoms with Crippen molar-refractivity contribution in [1.29, 1.82) is 0 Å². The van der Waals surface area contributed by atoms with Gasteiger partial charge >= 0.3 is 0 Å². The van der Waals surface area contributed by atoms with Crippen LogP contribution in [-0.2, 0) is 6.42 Å². The summed E-state index contributed by atoms with van der Waals surface area (Å²) in [7, 11) is 1.55. The molecule has 0 unspecified atom stereocenters. The van der Waals surface area contributed by atoms with Crippen LogP contribution in [0.15, 0.2) is 21.1 Å². The molecule has 0 bridgehead atoms. The molecular weight excluding hydrogens is 298 g/mol. The second kappa shape index (κ2) is 5.75. The molecule has 0 fully saturated rings. The number of nitrogens with one attached hydrogen (secondary N) is 1. The Morgan fingerprint density at radius 2 is 2.13 bits per heavy atom. The predicted octanol–water partition coefficient (Wildman–Crippen LogP) is 3.26. The Bertz CT molecular complexity index is 859. The SMILES string of the molecule is CCc1nc2c(OC)ccc(C(=O)Nc3c(C)noc3C)c2o1. The van der Waals surface area contributed by atoms with Crippen molar-refractivity contribution in [2.75, 3.05) is 12.4 Å². The number of oxazole rings is 1. The minimum Gasteiger partial charge on any atom is -0.494 e. The van der Waals surface area contributed by atoms with Gasteiger partial charge in [-0.25, -0.2) is 4.98 Å². The summed E-state index contributed by atoms with van der Waals surface area (Å²) < 4.78 is 16.0. The highest BCUT2D eigenvalue weighted by Crippen LogP contribution is 2.30. The van der Waals surface area contributed by atoms with Gasteiger partial charge in [0.2, 0.25) is 0 Å². The van der Waals surface area contributed by atoms with E-state index in [2.05, 4.69) is 15.5 Å². The predicted molar refractivity (Wildman–Crippen MR) is 83.9 cm³/mol. The van der Waals surface area contributed by atoms with Gasteiger partial charge in [0.15, 0.2) is 22.8 Å². The molecule has 3 rings (SSSR count). The molecule has 7 heteroatoms. The number of aromatic nitrogens is 2. The number of benzene rings is 1. The van der Waals surface area contributed by atoms with Gasteiger partial charge in [-0.05, 0) is 26.0 Å². The Morgan fingerprint density at radius 1 is 1.35 bits per heavy atom. The highest BCUT2D eigenvalue weighted by atomic mass is 16.5. The molecule has 1 aromatic carbocycles. The van der Waals surface area contributed by atoms with Crippen LogP contribution in [0, 0.1) is 13.8 Å². The molecule has 0 aliphatic heterocycles. The topological polar surface area (TPSA) is 90.4 Å². The molecule has 0 atom stereocenters. The zero-order valence-corrected chi connectivity index (χ0v) is 13.4. The third kappa shape index (κ3) is 2.54. The fraction of sp³-hybridized carbons (Fsp3) is 0.312. The summed E-state index contributed by atoms with van der Waals surface area (Å²) in [5.74, 6) is 1.35. The number of hydrogen-bond acceptors (Lipinski definition) is 6. The smallest absolute Gasteiger partial charge is 0.259 e. The monoisotopic (exact) mass is 315 g/mol. The number of nitrogens with zero attached hydrogens (tertiary/aromatic N) is 2. The van der Waals surface area contributed by atoms with Crippen molar-refractivity contribution in [1.82, 2.24) is 10.1 Å². The van der Waals surface area contributed by atoms with E-state index in [4.69, 9.17) is 13.7 Å². The minimum absolute atomic E-state index is 0.314. The zero-order chi connectivity index (χ0) is 16.6. The third-order valence-electron chi connectivity index (χ3n) is 3.59. The molecule has 120 valence electrons. The average molecular weight is 315 g/mol. The van der Waals surface area contributed by atoms with E-state index in [1.54, 1.807) is 33.1 Å². The highest BCUT2D eigenvalue weighted by molar-refractivity contribution is 6.12. The van der Waals surface area contributed by atoms with Gasteiger partial charge in [-0.15, -0.1) is 0 Å². The maximum Gasteiger partial charge on any atom is 0.259 e. The fourth-order valence-electron chi connectivity index (χ4n) is 2.36. The summed E-state index contributed by atoms with van der Waals surface area (Å²) in [6, 6.07) is 3.35. The second-order valence-corrected chi connectivity index (χ2v) is 5.11. The molecule has 1 amide bonds. The Balaban J connectivity index is 2.05. The van der Waals surface area contributed by atoms with Gasteiger partial charge < -0.3 is 19.0 Å². The van der Waals surface area contributed by atoms with Crippen molar-refractivity contribution < 1.29 is 18.5 Å². The van der Waals surface area contributed by atoms with Crippen molar-refractivity contribution in [3.63, 3.8) is 0 Å². The van der Waals surface area contributed by atoms with Crippen LogP contribution in [-0.4, -0.2) is 23.2 Å². The molecule has 0 aliphatic rings. The molecule has 3 aromatic rings. The molecule has 2 aromatic heterocycles. The minimum atomic E-state index is -0.314. The van der Waals surface area contributed by atoms with Crippen molar-refractivity contribution in [2.24, 2.45) is 0 Å². The lowest BCUT2D eigenvalue weighted by atomic mass is 10.1. The summed E-state index contributed by atoms with van der Waals surface area (Å²) in [5.41, 5.74) is 2.51. The Hall–Kier alpha value is -2.83. The first-order valence-electron chi connectivity index (χ1n) is 7.25. The molecule has 0 radical (unpaired) electrons. The van der Waals surface area contributed by atoms with Crippen LogP contribution in [0.1, 0.15) is 34.6 Å². The number of methoxy groups -OCH3 is 1. The maximum atomic E-state index is 12.6. The first kappa shape index (κ1) is 15.1. The normalized spacial score (nSPS) is 11.0.